The molecule has 0 radical (unpaired) electrons. The lowest BCUT2D eigenvalue weighted by atomic mass is 9.91. The zero-order valence-corrected chi connectivity index (χ0v) is 41.1. The topological polar surface area (TPSA) is 15.7 Å². The second-order valence-electron chi connectivity index (χ2n) is 18.3. The zero-order valence-electron chi connectivity index (χ0n) is 41.1. The molecule has 0 heterocycles. The maximum atomic E-state index is 6.22. The van der Waals surface area contributed by atoms with Crippen LogP contribution in [0.15, 0.2) is 285 Å². The van der Waals surface area contributed by atoms with E-state index in [1.165, 1.54) is 22.3 Å². The van der Waals surface area contributed by atoms with Crippen molar-refractivity contribution in [1.29, 1.82) is 0 Å². The number of ether oxygens (including phenoxy) is 1. The number of benzene rings is 11. The molecule has 0 atom stereocenters. The van der Waals surface area contributed by atoms with E-state index in [1.54, 1.807) is 0 Å². The van der Waals surface area contributed by atoms with Gasteiger partial charge in [-0.15, -0.1) is 0 Å². The molecule has 0 aromatic heterocycles. The van der Waals surface area contributed by atoms with Crippen LogP contribution < -0.4 is 14.5 Å². The molecule has 0 aliphatic carbocycles. The average molecular weight is 941 g/mol. The first kappa shape index (κ1) is 46.2. The van der Waals surface area contributed by atoms with Crippen LogP contribution in [-0.2, 0) is 0 Å². The first-order chi connectivity index (χ1) is 36.2. The summed E-state index contributed by atoms with van der Waals surface area (Å²) in [7, 11) is 0. The van der Waals surface area contributed by atoms with Crippen molar-refractivity contribution in [2.24, 2.45) is 0 Å². The van der Waals surface area contributed by atoms with E-state index in [0.29, 0.717) is 6.61 Å². The summed E-state index contributed by atoms with van der Waals surface area (Å²) in [5.74, 6) is 0.873. The average Bonchev–Trinajstić information content (AvgIpc) is 3.47. The molecule has 3 heteroatoms. The van der Waals surface area contributed by atoms with E-state index >= 15 is 0 Å². The molecule has 3 nitrogen and oxygen atoms in total. The summed E-state index contributed by atoms with van der Waals surface area (Å²) in [6.07, 6.45) is 2.10. The number of nitrogens with zero attached hydrogens (tertiary/aromatic N) is 2. The van der Waals surface area contributed by atoms with Gasteiger partial charge in [0.05, 0.1) is 18.0 Å². The molecule has 11 aromatic rings. The number of rotatable bonds is 16. The second kappa shape index (κ2) is 21.9. The van der Waals surface area contributed by atoms with Gasteiger partial charge in [-0.1, -0.05) is 226 Å². The molecule has 0 saturated heterocycles. The molecular formula is C70H56N2O. The molecule has 0 N–H and O–H groups in total. The molecule has 0 bridgehead atoms. The monoisotopic (exact) mass is 940 g/mol. The number of hydrogen-bond donors (Lipinski definition) is 0. The smallest absolute Gasteiger partial charge is 0.119 e. The lowest BCUT2D eigenvalue weighted by Gasteiger charge is -2.35. The van der Waals surface area contributed by atoms with Gasteiger partial charge < -0.3 is 14.5 Å². The third-order valence-electron chi connectivity index (χ3n) is 13.5. The van der Waals surface area contributed by atoms with E-state index < -0.39 is 0 Å². The van der Waals surface area contributed by atoms with Crippen LogP contribution in [-0.4, -0.2) is 6.61 Å². The highest BCUT2D eigenvalue weighted by Crippen LogP contribution is 2.51. The molecule has 352 valence electrons. The van der Waals surface area contributed by atoms with E-state index in [0.717, 1.165) is 97.2 Å². The normalized spacial score (nSPS) is 11.0. The molecule has 0 unspecified atom stereocenters. The van der Waals surface area contributed by atoms with Gasteiger partial charge in [-0.05, 0) is 146 Å². The Morgan fingerprint density at radius 3 is 0.808 bits per heavy atom. The molecule has 0 aliphatic heterocycles. The van der Waals surface area contributed by atoms with Crippen LogP contribution in [0.2, 0.25) is 0 Å². The van der Waals surface area contributed by atoms with Crippen LogP contribution >= 0.6 is 0 Å². The molecule has 0 spiro atoms. The number of hydrogen-bond acceptors (Lipinski definition) is 3. The van der Waals surface area contributed by atoms with Crippen LogP contribution in [0.3, 0.4) is 0 Å². The highest BCUT2D eigenvalue weighted by atomic mass is 16.5. The molecule has 11 rings (SSSR count). The van der Waals surface area contributed by atoms with Crippen molar-refractivity contribution >= 4 is 34.1 Å². The molecule has 0 aliphatic rings. The Kier molecular flexibility index (Phi) is 13.8. The summed E-state index contributed by atoms with van der Waals surface area (Å²) in [6, 6.07) is 103. The van der Waals surface area contributed by atoms with Gasteiger partial charge in [-0.3, -0.25) is 0 Å². The second-order valence-corrected chi connectivity index (χ2v) is 18.3. The largest absolute Gasteiger partial charge is 0.494 e. The number of unbranched alkanes of at least 4 members (excludes halogenated alkanes) is 1. The lowest BCUT2D eigenvalue weighted by Crippen LogP contribution is -2.17. The van der Waals surface area contributed by atoms with E-state index in [2.05, 4.69) is 302 Å². The van der Waals surface area contributed by atoms with Gasteiger partial charge in [0, 0.05) is 22.7 Å². The van der Waals surface area contributed by atoms with Crippen molar-refractivity contribution in [3.05, 3.63) is 285 Å². The Morgan fingerprint density at radius 1 is 0.274 bits per heavy atom. The third kappa shape index (κ3) is 10.4. The Bertz CT molecular complexity index is 3330. The van der Waals surface area contributed by atoms with E-state index in [4.69, 9.17) is 4.74 Å². The van der Waals surface area contributed by atoms with Crippen molar-refractivity contribution in [1.82, 2.24) is 0 Å². The van der Waals surface area contributed by atoms with E-state index in [-0.39, 0.29) is 0 Å². The molecule has 0 amide bonds. The molecule has 0 fully saturated rings. The molecule has 0 saturated carbocycles. The Hall–Kier alpha value is -9.18. The Labute approximate surface area is 430 Å². The maximum Gasteiger partial charge on any atom is 0.119 e. The van der Waals surface area contributed by atoms with Crippen molar-refractivity contribution in [3.8, 4) is 72.5 Å². The molecular weight excluding hydrogens is 885 g/mol. The van der Waals surface area contributed by atoms with Crippen LogP contribution in [0.5, 0.6) is 5.75 Å². The SMILES string of the molecule is CCCCOc1ccc(-c2cc(N(c3ccc(-c4ccccc4)cc3)c3ccc(-c4ccccc4)cc3)c(N(c3ccc(-c4ccccc4)cc3)c3ccc(-c4ccccc4)cc3)cc2-c2ccccc2)cc1. The fourth-order valence-corrected chi connectivity index (χ4v) is 9.68. The van der Waals surface area contributed by atoms with Gasteiger partial charge >= 0.3 is 0 Å². The summed E-state index contributed by atoms with van der Waals surface area (Å²) in [6.45, 7) is 2.89. The lowest BCUT2D eigenvalue weighted by molar-refractivity contribution is 0.309. The van der Waals surface area contributed by atoms with Crippen molar-refractivity contribution in [2.45, 2.75) is 19.8 Å². The van der Waals surface area contributed by atoms with Crippen LogP contribution in [0, 0.1) is 0 Å². The van der Waals surface area contributed by atoms with Gasteiger partial charge in [0.1, 0.15) is 5.75 Å². The minimum Gasteiger partial charge on any atom is -0.494 e. The predicted octanol–water partition coefficient (Wildman–Crippen LogP) is 19.8. The van der Waals surface area contributed by atoms with E-state index in [9.17, 15) is 0 Å². The summed E-state index contributed by atoms with van der Waals surface area (Å²) in [5.41, 5.74) is 19.9. The standard InChI is InChI=1S/C70H56N2O/c1-2-3-49-73-66-47-37-61(38-48-66)68-51-70(72(64-43-33-58(34-44-64)54-23-13-6-14-24-54)65-45-35-59(36-46-65)55-25-15-7-16-26-55)69(50-67(68)60-27-17-8-18-28-60)71(62-39-29-56(30-40-62)52-19-9-4-10-20-52)63-41-31-57(32-42-63)53-21-11-5-12-22-53/h4-48,50-51H,2-3,49H2,1H3. The number of anilines is 6. The summed E-state index contributed by atoms with van der Waals surface area (Å²) in [5, 5.41) is 0. The molecule has 11 aromatic carbocycles. The highest BCUT2D eigenvalue weighted by molar-refractivity contribution is 5.99. The predicted molar refractivity (Wildman–Crippen MR) is 309 cm³/mol. The van der Waals surface area contributed by atoms with Crippen molar-refractivity contribution < 1.29 is 4.74 Å². The van der Waals surface area contributed by atoms with Crippen LogP contribution in [0.4, 0.5) is 34.1 Å². The first-order valence-electron chi connectivity index (χ1n) is 25.4. The Balaban J connectivity index is 1.18. The molecule has 73 heavy (non-hydrogen) atoms. The zero-order chi connectivity index (χ0) is 49.2. The summed E-state index contributed by atoms with van der Waals surface area (Å²) >= 11 is 0. The minimum atomic E-state index is 0.694. The summed E-state index contributed by atoms with van der Waals surface area (Å²) in [4.78, 5) is 4.87. The third-order valence-corrected chi connectivity index (χ3v) is 13.5. The Morgan fingerprint density at radius 2 is 0.521 bits per heavy atom. The summed E-state index contributed by atoms with van der Waals surface area (Å²) < 4.78 is 6.22. The van der Waals surface area contributed by atoms with Gasteiger partial charge in [0.15, 0.2) is 0 Å². The maximum absolute atomic E-state index is 6.22. The fourth-order valence-electron chi connectivity index (χ4n) is 9.68. The first-order valence-corrected chi connectivity index (χ1v) is 25.4. The van der Waals surface area contributed by atoms with E-state index in [1.807, 2.05) is 0 Å². The van der Waals surface area contributed by atoms with Gasteiger partial charge in [-0.25, -0.2) is 0 Å². The van der Waals surface area contributed by atoms with Crippen LogP contribution in [0.1, 0.15) is 19.8 Å². The van der Waals surface area contributed by atoms with Gasteiger partial charge in [0.2, 0.25) is 0 Å². The fraction of sp³-hybridized carbons (Fsp3) is 0.0571. The van der Waals surface area contributed by atoms with Crippen molar-refractivity contribution in [3.63, 3.8) is 0 Å². The van der Waals surface area contributed by atoms with Gasteiger partial charge in [0.25, 0.3) is 0 Å². The quantitative estimate of drug-likeness (QED) is 0.0898. The van der Waals surface area contributed by atoms with Crippen molar-refractivity contribution in [2.75, 3.05) is 16.4 Å². The van der Waals surface area contributed by atoms with Gasteiger partial charge in [-0.2, -0.15) is 0 Å². The minimum absolute atomic E-state index is 0.694. The highest BCUT2D eigenvalue weighted by Gasteiger charge is 2.26. The van der Waals surface area contributed by atoms with Crippen LogP contribution in [0.25, 0.3) is 66.8 Å².